The molecule has 0 saturated carbocycles. The van der Waals surface area contributed by atoms with Gasteiger partial charge >= 0.3 is 0 Å². The minimum Gasteiger partial charge on any atom is -0.271 e. The van der Waals surface area contributed by atoms with Crippen LogP contribution in [0.5, 0.6) is 0 Å². The van der Waals surface area contributed by atoms with E-state index >= 15 is 0 Å². The fourth-order valence-electron chi connectivity index (χ4n) is 2.17. The summed E-state index contributed by atoms with van der Waals surface area (Å²) in [6.07, 6.45) is 1.77. The highest BCUT2D eigenvalue weighted by molar-refractivity contribution is 5.82. The van der Waals surface area contributed by atoms with Gasteiger partial charge in [-0.05, 0) is 18.9 Å². The quantitative estimate of drug-likeness (QED) is 0.482. The molecule has 3 N–H and O–H groups in total. The molecule has 2 rings (SSSR count). The Labute approximate surface area is 107 Å². The van der Waals surface area contributed by atoms with E-state index in [0.717, 1.165) is 29.4 Å². The molecule has 0 amide bonds. The lowest BCUT2D eigenvalue weighted by Gasteiger charge is -2.14. The van der Waals surface area contributed by atoms with Crippen LogP contribution < -0.4 is 11.3 Å². The second kappa shape index (κ2) is 5.33. The molecule has 96 valence electrons. The maximum atomic E-state index is 5.67. The smallest absolute Gasteiger partial charge is 0.0889 e. The average Bonchev–Trinajstić information content (AvgIpc) is 2.74. The van der Waals surface area contributed by atoms with Gasteiger partial charge in [-0.1, -0.05) is 37.3 Å². The number of nitrogens with zero attached hydrogens (tertiary/aromatic N) is 2. The molecule has 0 spiro atoms. The van der Waals surface area contributed by atoms with Crippen molar-refractivity contribution in [2.75, 3.05) is 0 Å². The second-order valence-corrected chi connectivity index (χ2v) is 4.55. The molecule has 0 fully saturated rings. The number of fused-ring (bicyclic) bond motifs is 1. The van der Waals surface area contributed by atoms with E-state index in [1.54, 1.807) is 0 Å². The van der Waals surface area contributed by atoms with E-state index in [2.05, 4.69) is 36.2 Å². The summed E-state index contributed by atoms with van der Waals surface area (Å²) < 4.78 is 1.89. The second-order valence-electron chi connectivity index (χ2n) is 4.55. The van der Waals surface area contributed by atoms with E-state index in [1.165, 1.54) is 5.57 Å². The Morgan fingerprint density at radius 2 is 2.22 bits per heavy atom. The van der Waals surface area contributed by atoms with Crippen LogP contribution in [0, 0.1) is 0 Å². The van der Waals surface area contributed by atoms with Gasteiger partial charge in [0.1, 0.15) is 0 Å². The summed E-state index contributed by atoms with van der Waals surface area (Å²) in [7, 11) is 1.95. The summed E-state index contributed by atoms with van der Waals surface area (Å²) in [5.41, 5.74) is 6.14. The topological polar surface area (TPSA) is 55.9 Å². The van der Waals surface area contributed by atoms with Crippen molar-refractivity contribution in [1.82, 2.24) is 15.2 Å². The molecule has 0 bridgehead atoms. The van der Waals surface area contributed by atoms with E-state index in [9.17, 15) is 0 Å². The number of aryl methyl sites for hydroxylation is 1. The molecule has 0 saturated heterocycles. The Morgan fingerprint density at radius 3 is 2.89 bits per heavy atom. The first-order chi connectivity index (χ1) is 8.67. The third kappa shape index (κ3) is 2.30. The average molecular weight is 244 g/mol. The molecule has 4 nitrogen and oxygen atoms in total. The maximum Gasteiger partial charge on any atom is 0.0889 e. The molecule has 18 heavy (non-hydrogen) atoms. The number of hydrogen-bond donors (Lipinski definition) is 2. The van der Waals surface area contributed by atoms with Gasteiger partial charge < -0.3 is 0 Å². The first-order valence-electron chi connectivity index (χ1n) is 6.21. The molecular weight excluding hydrogens is 224 g/mol. The molecule has 0 aliphatic heterocycles. The molecule has 1 unspecified atom stereocenters. The summed E-state index contributed by atoms with van der Waals surface area (Å²) in [4.78, 5) is 0. The Balaban J connectivity index is 2.42. The van der Waals surface area contributed by atoms with Crippen LogP contribution in [0.25, 0.3) is 10.9 Å². The molecule has 0 aliphatic rings. The van der Waals surface area contributed by atoms with Gasteiger partial charge in [0.25, 0.3) is 0 Å². The molecule has 1 heterocycles. The van der Waals surface area contributed by atoms with E-state index < -0.39 is 0 Å². The summed E-state index contributed by atoms with van der Waals surface area (Å²) >= 11 is 0. The molecule has 1 atom stereocenters. The minimum atomic E-state index is 0.0172. The standard InChI is InChI=1S/C14H20N4/c1-4-10(2)9-12(16-15)14-11-7-5-6-8-13(11)18(3)17-14/h5-8,12,16H,2,4,9,15H2,1,3H3. The van der Waals surface area contributed by atoms with Crippen molar-refractivity contribution >= 4 is 10.9 Å². The van der Waals surface area contributed by atoms with Crippen molar-refractivity contribution in [3.8, 4) is 0 Å². The van der Waals surface area contributed by atoms with Crippen LogP contribution in [0.15, 0.2) is 36.4 Å². The van der Waals surface area contributed by atoms with Gasteiger partial charge in [0.05, 0.1) is 17.3 Å². The summed E-state index contributed by atoms with van der Waals surface area (Å²) in [6.45, 7) is 6.15. The molecular formula is C14H20N4. The van der Waals surface area contributed by atoms with E-state index in [0.29, 0.717) is 0 Å². The van der Waals surface area contributed by atoms with Crippen LogP contribution in [0.4, 0.5) is 0 Å². The van der Waals surface area contributed by atoms with Crippen molar-refractivity contribution < 1.29 is 0 Å². The first-order valence-corrected chi connectivity index (χ1v) is 6.21. The highest BCUT2D eigenvalue weighted by Crippen LogP contribution is 2.27. The Hall–Kier alpha value is -1.65. The molecule has 1 aromatic heterocycles. The zero-order valence-corrected chi connectivity index (χ0v) is 11.0. The third-order valence-corrected chi connectivity index (χ3v) is 3.31. The molecule has 0 radical (unpaired) electrons. The largest absolute Gasteiger partial charge is 0.271 e. The first kappa shape index (κ1) is 12.8. The Morgan fingerprint density at radius 1 is 1.50 bits per heavy atom. The molecule has 2 aromatic rings. The van der Waals surface area contributed by atoms with Crippen molar-refractivity contribution in [3.63, 3.8) is 0 Å². The van der Waals surface area contributed by atoms with Gasteiger partial charge in [-0.3, -0.25) is 16.0 Å². The lowest BCUT2D eigenvalue weighted by atomic mass is 10.0. The van der Waals surface area contributed by atoms with Gasteiger partial charge in [-0.15, -0.1) is 0 Å². The van der Waals surface area contributed by atoms with E-state index in [1.807, 2.05) is 23.9 Å². The van der Waals surface area contributed by atoms with Crippen LogP contribution in [0.1, 0.15) is 31.5 Å². The van der Waals surface area contributed by atoms with Crippen LogP contribution in [-0.2, 0) is 7.05 Å². The third-order valence-electron chi connectivity index (χ3n) is 3.31. The number of aromatic nitrogens is 2. The predicted molar refractivity (Wildman–Crippen MR) is 74.8 cm³/mol. The number of nitrogens with one attached hydrogen (secondary N) is 1. The van der Waals surface area contributed by atoms with Crippen LogP contribution in [0.2, 0.25) is 0 Å². The molecule has 1 aromatic carbocycles. The highest BCUT2D eigenvalue weighted by atomic mass is 15.3. The zero-order valence-electron chi connectivity index (χ0n) is 11.0. The number of nitrogens with two attached hydrogens (primary N) is 1. The summed E-state index contributed by atoms with van der Waals surface area (Å²) in [5, 5.41) is 5.73. The van der Waals surface area contributed by atoms with Crippen molar-refractivity contribution in [2.24, 2.45) is 12.9 Å². The van der Waals surface area contributed by atoms with Crippen LogP contribution >= 0.6 is 0 Å². The maximum absolute atomic E-state index is 5.67. The summed E-state index contributed by atoms with van der Waals surface area (Å²) in [5.74, 6) is 5.67. The van der Waals surface area contributed by atoms with Gasteiger partial charge in [0, 0.05) is 12.4 Å². The number of para-hydroxylation sites is 1. The number of benzene rings is 1. The van der Waals surface area contributed by atoms with Gasteiger partial charge in [-0.2, -0.15) is 5.10 Å². The Bertz CT molecular complexity index is 556. The zero-order chi connectivity index (χ0) is 13.1. The lowest BCUT2D eigenvalue weighted by Crippen LogP contribution is -2.28. The van der Waals surface area contributed by atoms with Crippen molar-refractivity contribution in [3.05, 3.63) is 42.1 Å². The van der Waals surface area contributed by atoms with Crippen molar-refractivity contribution in [1.29, 1.82) is 0 Å². The Kier molecular flexibility index (Phi) is 3.79. The fourth-order valence-corrected chi connectivity index (χ4v) is 2.17. The van der Waals surface area contributed by atoms with Crippen molar-refractivity contribution in [2.45, 2.75) is 25.8 Å². The predicted octanol–water partition coefficient (Wildman–Crippen LogP) is 2.43. The minimum absolute atomic E-state index is 0.0172. The van der Waals surface area contributed by atoms with E-state index in [4.69, 9.17) is 5.84 Å². The molecule has 4 heteroatoms. The van der Waals surface area contributed by atoms with Crippen LogP contribution in [-0.4, -0.2) is 9.78 Å². The number of rotatable bonds is 5. The van der Waals surface area contributed by atoms with Crippen LogP contribution in [0.3, 0.4) is 0 Å². The lowest BCUT2D eigenvalue weighted by molar-refractivity contribution is 0.526. The number of hydrazine groups is 1. The highest BCUT2D eigenvalue weighted by Gasteiger charge is 2.18. The normalized spacial score (nSPS) is 12.8. The monoisotopic (exact) mass is 244 g/mol. The van der Waals surface area contributed by atoms with E-state index in [-0.39, 0.29) is 6.04 Å². The van der Waals surface area contributed by atoms with Gasteiger partial charge in [0.15, 0.2) is 0 Å². The number of hydrogen-bond acceptors (Lipinski definition) is 3. The van der Waals surface area contributed by atoms with Gasteiger partial charge in [-0.25, -0.2) is 0 Å². The summed E-state index contributed by atoms with van der Waals surface area (Å²) in [6, 6.07) is 8.20. The SMILES string of the molecule is C=C(CC)CC(NN)c1nn(C)c2ccccc12. The molecule has 0 aliphatic carbocycles. The fraction of sp³-hybridized carbons (Fsp3) is 0.357. The van der Waals surface area contributed by atoms with Gasteiger partial charge in [0.2, 0.25) is 0 Å².